The fourth-order valence-electron chi connectivity index (χ4n) is 6.91. The lowest BCUT2D eigenvalue weighted by atomic mass is 10.0. The normalized spacial score (nSPS) is 19.4. The van der Waals surface area contributed by atoms with Crippen LogP contribution in [0.1, 0.15) is 107 Å². The molecule has 1 heterocycles. The molecule has 1 aliphatic heterocycles. The number of hydrogen-bond acceptors (Lipinski definition) is 8. The highest BCUT2D eigenvalue weighted by Crippen LogP contribution is 2.33. The highest BCUT2D eigenvalue weighted by Gasteiger charge is 2.31. The Hall–Kier alpha value is -4.92. The summed E-state index contributed by atoms with van der Waals surface area (Å²) in [5.74, 6) is 0.174. The molecule has 0 spiro atoms. The Morgan fingerprint density at radius 2 is 1.10 bits per heavy atom. The second-order valence-electron chi connectivity index (χ2n) is 18.0. The van der Waals surface area contributed by atoms with E-state index in [1.165, 1.54) is 11.1 Å². The first-order chi connectivity index (χ1) is 27.8. The van der Waals surface area contributed by atoms with Crippen LogP contribution in [0, 0.1) is 12.8 Å². The van der Waals surface area contributed by atoms with Crippen LogP contribution in [0.25, 0.3) is 0 Å². The van der Waals surface area contributed by atoms with Crippen molar-refractivity contribution in [1.29, 1.82) is 0 Å². The number of anilines is 5. The number of fused-ring (bicyclic) bond motifs is 1. The zero-order chi connectivity index (χ0) is 44.4. The number of carbonyl (C=O) groups excluding carboxylic acids is 2. The van der Waals surface area contributed by atoms with Gasteiger partial charge >= 0.3 is 0 Å². The van der Waals surface area contributed by atoms with E-state index in [9.17, 15) is 26.4 Å². The average Bonchev–Trinajstić information content (AvgIpc) is 3.55. The maximum atomic E-state index is 12.6. The van der Waals surface area contributed by atoms with Crippen LogP contribution in [-0.2, 0) is 37.6 Å². The molecule has 4 aromatic rings. The Morgan fingerprint density at radius 1 is 0.633 bits per heavy atom. The summed E-state index contributed by atoms with van der Waals surface area (Å²) in [7, 11) is -7.02. The molecule has 14 heteroatoms. The van der Waals surface area contributed by atoms with Crippen LogP contribution in [0.5, 0.6) is 0 Å². The molecule has 324 valence electrons. The predicted octanol–water partition coefficient (Wildman–Crippen LogP) is 9.00. The summed E-state index contributed by atoms with van der Waals surface area (Å²) in [6.45, 7) is 21.2. The molecule has 60 heavy (non-hydrogen) atoms. The summed E-state index contributed by atoms with van der Waals surface area (Å²) >= 11 is 0. The molecule has 0 radical (unpaired) electrons. The van der Waals surface area contributed by atoms with E-state index in [-0.39, 0.29) is 30.1 Å². The molecule has 1 fully saturated rings. The fourth-order valence-corrected chi connectivity index (χ4v) is 8.42. The number of sulfonamides is 2. The molecule has 1 saturated heterocycles. The predicted molar refractivity (Wildman–Crippen MR) is 244 cm³/mol. The van der Waals surface area contributed by atoms with E-state index in [4.69, 9.17) is 4.74 Å². The largest absolute Gasteiger partial charge is 0.372 e. The second-order valence-corrected chi connectivity index (χ2v) is 22.9. The first-order valence-electron chi connectivity index (χ1n) is 20.4. The molecule has 2 aliphatic rings. The summed E-state index contributed by atoms with van der Waals surface area (Å²) in [4.78, 5) is 27.6. The van der Waals surface area contributed by atoms with Crippen LogP contribution in [0.15, 0.2) is 84.9 Å². The molecule has 4 atom stereocenters. The van der Waals surface area contributed by atoms with E-state index in [1.807, 2.05) is 30.3 Å². The van der Waals surface area contributed by atoms with Gasteiger partial charge in [-0.1, -0.05) is 13.0 Å². The van der Waals surface area contributed by atoms with Gasteiger partial charge in [0.25, 0.3) is 11.8 Å². The number of morpholine rings is 1. The highest BCUT2D eigenvalue weighted by atomic mass is 32.2. The van der Waals surface area contributed by atoms with Crippen molar-refractivity contribution in [1.82, 2.24) is 0 Å². The highest BCUT2D eigenvalue weighted by molar-refractivity contribution is 7.94. The fraction of sp³-hybridized carbons (Fsp3) is 0.435. The zero-order valence-corrected chi connectivity index (χ0v) is 38.3. The third-order valence-electron chi connectivity index (χ3n) is 11.0. The lowest BCUT2D eigenvalue weighted by Gasteiger charge is -2.42. The molecule has 2 amide bonds. The van der Waals surface area contributed by atoms with Crippen molar-refractivity contribution >= 4 is 60.3 Å². The lowest BCUT2D eigenvalue weighted by molar-refractivity contribution is -0.0257. The molecule has 0 saturated carbocycles. The first-order valence-corrected chi connectivity index (χ1v) is 23.3. The van der Waals surface area contributed by atoms with E-state index in [0.717, 1.165) is 36.3 Å². The number of hydrogen-bond donors (Lipinski definition) is 4. The monoisotopic (exact) mass is 859 g/mol. The van der Waals surface area contributed by atoms with Crippen LogP contribution >= 0.6 is 0 Å². The van der Waals surface area contributed by atoms with E-state index in [1.54, 1.807) is 90.1 Å². The van der Waals surface area contributed by atoms with Crippen LogP contribution in [0.2, 0.25) is 0 Å². The summed E-state index contributed by atoms with van der Waals surface area (Å²) in [5.41, 5.74) is 8.24. The van der Waals surface area contributed by atoms with Crippen molar-refractivity contribution in [2.45, 2.75) is 117 Å². The number of nitrogens with zero attached hydrogens (tertiary/aromatic N) is 1. The van der Waals surface area contributed by atoms with Gasteiger partial charge in [-0.3, -0.25) is 19.0 Å². The average molecular weight is 860 g/mol. The van der Waals surface area contributed by atoms with Gasteiger partial charge in [-0.25, -0.2) is 16.8 Å². The van der Waals surface area contributed by atoms with Crippen LogP contribution < -0.4 is 25.0 Å². The number of benzene rings is 4. The minimum absolute atomic E-state index is 0.147. The van der Waals surface area contributed by atoms with Gasteiger partial charge in [-0.15, -0.1) is 0 Å². The number of rotatable bonds is 9. The van der Waals surface area contributed by atoms with Gasteiger partial charge in [0.2, 0.25) is 20.0 Å². The number of carbonyl (C=O) groups is 2. The van der Waals surface area contributed by atoms with Crippen LogP contribution in [-0.4, -0.2) is 62.9 Å². The van der Waals surface area contributed by atoms with Gasteiger partial charge in [0.05, 0.1) is 27.7 Å². The SMILES string of the molecule is CC1[C@@H](C)O[C@@H](C)CN1c1ccc(NC(=O)c2ccc(NS(=O)(=O)C(C)(C)C)cc2)cc1.Cc1c(NC(=O)c2ccc(NS(=O)(=O)C(C)(C)C)cc2)ccc2c1CC(C)C2. The van der Waals surface area contributed by atoms with Crippen molar-refractivity contribution in [2.24, 2.45) is 5.92 Å². The maximum Gasteiger partial charge on any atom is 0.255 e. The summed E-state index contributed by atoms with van der Waals surface area (Å²) < 4.78 is 58.2. The van der Waals surface area contributed by atoms with Crippen LogP contribution in [0.3, 0.4) is 0 Å². The summed E-state index contributed by atoms with van der Waals surface area (Å²) in [6.07, 6.45) is 2.45. The number of amides is 2. The van der Waals surface area contributed by atoms with Crippen molar-refractivity contribution in [3.8, 4) is 0 Å². The van der Waals surface area contributed by atoms with Gasteiger partial charge in [0, 0.05) is 46.1 Å². The van der Waals surface area contributed by atoms with E-state index in [0.29, 0.717) is 34.1 Å². The van der Waals surface area contributed by atoms with Crippen molar-refractivity contribution in [3.05, 3.63) is 113 Å². The quantitative estimate of drug-likeness (QED) is 0.130. The molecular weight excluding hydrogens is 799 g/mol. The Labute approximate surface area is 357 Å². The minimum atomic E-state index is -3.52. The molecule has 4 aromatic carbocycles. The molecule has 1 aliphatic carbocycles. The van der Waals surface area contributed by atoms with Crippen molar-refractivity contribution in [2.75, 3.05) is 31.5 Å². The molecule has 0 aromatic heterocycles. The van der Waals surface area contributed by atoms with Gasteiger partial charge < -0.3 is 20.3 Å². The van der Waals surface area contributed by atoms with E-state index < -0.39 is 29.5 Å². The smallest absolute Gasteiger partial charge is 0.255 e. The third kappa shape index (κ3) is 11.1. The molecular formula is C46H61N5O7S2. The molecule has 0 bridgehead atoms. The second kappa shape index (κ2) is 18.0. The molecule has 4 N–H and O–H groups in total. The number of nitrogens with one attached hydrogen (secondary N) is 4. The lowest BCUT2D eigenvalue weighted by Crippen LogP contribution is -2.52. The Morgan fingerprint density at radius 3 is 1.58 bits per heavy atom. The van der Waals surface area contributed by atoms with Gasteiger partial charge in [-0.05, 0) is 184 Å². The maximum absolute atomic E-state index is 12.6. The topological polar surface area (TPSA) is 163 Å². The van der Waals surface area contributed by atoms with Crippen molar-refractivity contribution < 1.29 is 31.2 Å². The standard InChI is InChI=1S/C24H33N3O4S.C22H28N2O3S/c1-16-15-27(17(2)18(3)31-16)22-13-11-20(12-14-22)25-23(28)19-7-9-21(10-8-19)26-32(29,30)24(4,5)6;1-14-12-17-8-11-20(15(2)19(17)13-14)23-21(25)16-6-9-18(10-7-16)24-28(26,27)22(3,4)5/h7-14,16-18,26H,15H2,1-6H3,(H,25,28);6-11,14,24H,12-13H2,1-5H3,(H,23,25)/t16-,17?,18+;/m0./s1. The first kappa shape index (κ1) is 46.2. The van der Waals surface area contributed by atoms with Crippen molar-refractivity contribution in [3.63, 3.8) is 0 Å². The molecule has 6 rings (SSSR count). The Kier molecular flexibility index (Phi) is 13.8. The Bertz CT molecular complexity index is 2390. The van der Waals surface area contributed by atoms with Crippen LogP contribution in [0.4, 0.5) is 28.4 Å². The van der Waals surface area contributed by atoms with Gasteiger partial charge in [0.15, 0.2) is 0 Å². The van der Waals surface area contributed by atoms with E-state index >= 15 is 0 Å². The number of ether oxygens (including phenoxy) is 1. The minimum Gasteiger partial charge on any atom is -0.372 e. The Balaban J connectivity index is 0.000000230. The van der Waals surface area contributed by atoms with E-state index in [2.05, 4.69) is 65.7 Å². The summed E-state index contributed by atoms with van der Waals surface area (Å²) in [6, 6.07) is 24.9. The molecule has 12 nitrogen and oxygen atoms in total. The third-order valence-corrected chi connectivity index (χ3v) is 15.2. The zero-order valence-electron chi connectivity index (χ0n) is 36.6. The molecule has 2 unspecified atom stereocenters. The van der Waals surface area contributed by atoms with Gasteiger partial charge in [0.1, 0.15) is 0 Å². The van der Waals surface area contributed by atoms with Gasteiger partial charge in [-0.2, -0.15) is 0 Å². The summed E-state index contributed by atoms with van der Waals surface area (Å²) in [5, 5.41) is 5.87.